The summed E-state index contributed by atoms with van der Waals surface area (Å²) in [6.45, 7) is 1.63. The van der Waals surface area contributed by atoms with Crippen molar-refractivity contribution in [3.05, 3.63) is 81.4 Å². The number of amides is 1. The van der Waals surface area contributed by atoms with Gasteiger partial charge in [-0.25, -0.2) is 4.98 Å². The normalized spacial score (nSPS) is 11.6. The summed E-state index contributed by atoms with van der Waals surface area (Å²) in [6.07, 6.45) is -4.57. The second-order valence-electron chi connectivity index (χ2n) is 7.91. The first-order valence-corrected chi connectivity index (χ1v) is 11.8. The Kier molecular flexibility index (Phi) is 7.39. The number of methoxy groups -OCH3 is 1. The Hall–Kier alpha value is -3.34. The summed E-state index contributed by atoms with van der Waals surface area (Å²) in [4.78, 5) is 17.1. The Morgan fingerprint density at radius 2 is 1.86 bits per heavy atom. The summed E-state index contributed by atoms with van der Waals surface area (Å²) in [5, 5.41) is 13.1. The number of aromatic nitrogens is 1. The van der Waals surface area contributed by atoms with Gasteiger partial charge in [0.05, 0.1) is 41.7 Å². The van der Waals surface area contributed by atoms with E-state index in [-0.39, 0.29) is 50.5 Å². The number of thiazole rings is 1. The third-order valence-electron chi connectivity index (χ3n) is 5.32. The van der Waals surface area contributed by atoms with Gasteiger partial charge in [0.2, 0.25) is 0 Å². The van der Waals surface area contributed by atoms with Crippen molar-refractivity contribution in [1.82, 2.24) is 4.98 Å². The second-order valence-corrected chi connectivity index (χ2v) is 9.38. The highest BCUT2D eigenvalue weighted by Crippen LogP contribution is 2.37. The van der Waals surface area contributed by atoms with Crippen molar-refractivity contribution in [3.63, 3.8) is 0 Å². The van der Waals surface area contributed by atoms with E-state index in [9.17, 15) is 23.1 Å². The molecule has 2 N–H and O–H groups in total. The number of benzene rings is 3. The first-order valence-electron chi connectivity index (χ1n) is 10.6. The molecule has 4 aromatic rings. The lowest BCUT2D eigenvalue weighted by Crippen LogP contribution is -2.12. The first-order chi connectivity index (χ1) is 17.0. The number of carbonyl (C=O) groups excluding carboxylic acids is 1. The van der Waals surface area contributed by atoms with Gasteiger partial charge in [0.25, 0.3) is 5.91 Å². The number of fused-ring (bicyclic) bond motifs is 1. The number of ether oxygens (including phenoxy) is 2. The van der Waals surface area contributed by atoms with Crippen LogP contribution >= 0.6 is 22.9 Å². The molecule has 188 valence electrons. The fourth-order valence-corrected chi connectivity index (χ4v) is 4.72. The van der Waals surface area contributed by atoms with Crippen LogP contribution in [-0.4, -0.2) is 23.1 Å². The second kappa shape index (κ2) is 10.3. The summed E-state index contributed by atoms with van der Waals surface area (Å²) < 4.78 is 51.6. The summed E-state index contributed by atoms with van der Waals surface area (Å²) in [5.41, 5.74) is 0.821. The molecule has 1 amide bonds. The third-order valence-corrected chi connectivity index (χ3v) is 6.45. The highest BCUT2D eigenvalue weighted by molar-refractivity contribution is 7.22. The first kappa shape index (κ1) is 25.7. The summed E-state index contributed by atoms with van der Waals surface area (Å²) in [5.74, 6) is -0.257. The minimum absolute atomic E-state index is 0.0710. The van der Waals surface area contributed by atoms with Crippen LogP contribution in [-0.2, 0) is 24.1 Å². The minimum atomic E-state index is -4.57. The van der Waals surface area contributed by atoms with Crippen LogP contribution in [0.2, 0.25) is 5.02 Å². The molecule has 0 bridgehead atoms. The average molecular weight is 537 g/mol. The molecule has 3 aromatic carbocycles. The molecule has 0 unspecified atom stereocenters. The lowest BCUT2D eigenvalue weighted by Gasteiger charge is -2.11. The SMILES string of the molecule is COc1ccc(COCc2cc(C(F)(F)F)cc3sc(NC(=O)c4cc(Cl)cc(C)c4O)nc23)cc1. The molecule has 0 saturated carbocycles. The monoisotopic (exact) mass is 536 g/mol. The number of aryl methyl sites for hydroxylation is 1. The zero-order valence-corrected chi connectivity index (χ0v) is 20.6. The van der Waals surface area contributed by atoms with E-state index in [0.717, 1.165) is 29.0 Å². The molecule has 0 spiro atoms. The fourth-order valence-electron chi connectivity index (χ4n) is 3.50. The van der Waals surface area contributed by atoms with Crippen molar-refractivity contribution >= 4 is 44.2 Å². The van der Waals surface area contributed by atoms with E-state index in [1.807, 2.05) is 0 Å². The fraction of sp³-hybridized carbons (Fsp3) is 0.200. The molecule has 36 heavy (non-hydrogen) atoms. The Morgan fingerprint density at radius 3 is 2.53 bits per heavy atom. The van der Waals surface area contributed by atoms with E-state index < -0.39 is 17.6 Å². The Morgan fingerprint density at radius 1 is 1.14 bits per heavy atom. The molecule has 0 saturated heterocycles. The highest BCUT2D eigenvalue weighted by Gasteiger charge is 2.32. The van der Waals surface area contributed by atoms with Crippen LogP contribution in [0.25, 0.3) is 10.2 Å². The molecular weight excluding hydrogens is 517 g/mol. The molecule has 0 aliphatic rings. The largest absolute Gasteiger partial charge is 0.507 e. The number of aromatic hydroxyl groups is 1. The molecule has 1 heterocycles. The quantitative estimate of drug-likeness (QED) is 0.267. The number of halogens is 4. The number of carbonyl (C=O) groups is 1. The summed E-state index contributed by atoms with van der Waals surface area (Å²) >= 11 is 6.88. The van der Waals surface area contributed by atoms with Crippen molar-refractivity contribution < 1.29 is 32.5 Å². The van der Waals surface area contributed by atoms with Crippen molar-refractivity contribution in [3.8, 4) is 11.5 Å². The van der Waals surface area contributed by atoms with Gasteiger partial charge < -0.3 is 14.6 Å². The number of alkyl halides is 3. The molecule has 0 aliphatic carbocycles. The van der Waals surface area contributed by atoms with Gasteiger partial charge in [0.15, 0.2) is 5.13 Å². The number of hydrogen-bond acceptors (Lipinski definition) is 6. The molecule has 0 aliphatic heterocycles. The molecule has 4 rings (SSSR count). The lowest BCUT2D eigenvalue weighted by atomic mass is 10.1. The Balaban J connectivity index is 1.60. The van der Waals surface area contributed by atoms with Gasteiger partial charge in [-0.3, -0.25) is 10.1 Å². The smallest absolute Gasteiger partial charge is 0.416 e. The van der Waals surface area contributed by atoms with E-state index in [1.165, 1.54) is 12.1 Å². The van der Waals surface area contributed by atoms with Crippen LogP contribution in [0.1, 0.15) is 32.6 Å². The van der Waals surface area contributed by atoms with Crippen LogP contribution in [0.5, 0.6) is 11.5 Å². The highest BCUT2D eigenvalue weighted by atomic mass is 35.5. The van der Waals surface area contributed by atoms with Crippen molar-refractivity contribution in [2.75, 3.05) is 12.4 Å². The molecular formula is C25H20ClF3N2O4S. The van der Waals surface area contributed by atoms with Crippen molar-refractivity contribution in [2.45, 2.75) is 26.3 Å². The van der Waals surface area contributed by atoms with E-state index in [0.29, 0.717) is 11.3 Å². The minimum Gasteiger partial charge on any atom is -0.507 e. The van der Waals surface area contributed by atoms with Crippen LogP contribution in [0.4, 0.5) is 18.3 Å². The zero-order valence-electron chi connectivity index (χ0n) is 19.1. The number of nitrogens with zero attached hydrogens (tertiary/aromatic N) is 1. The number of hydrogen-bond donors (Lipinski definition) is 2. The van der Waals surface area contributed by atoms with Crippen LogP contribution in [0, 0.1) is 6.92 Å². The number of phenols is 1. The van der Waals surface area contributed by atoms with E-state index >= 15 is 0 Å². The van der Waals surface area contributed by atoms with Gasteiger partial charge in [-0.2, -0.15) is 13.2 Å². The third kappa shape index (κ3) is 5.72. The maximum absolute atomic E-state index is 13.5. The van der Waals surface area contributed by atoms with E-state index in [4.69, 9.17) is 21.1 Å². The van der Waals surface area contributed by atoms with E-state index in [2.05, 4.69) is 10.3 Å². The van der Waals surface area contributed by atoms with Crippen LogP contribution in [0.3, 0.4) is 0 Å². The van der Waals surface area contributed by atoms with Crippen LogP contribution < -0.4 is 10.1 Å². The Labute approximate surface area is 213 Å². The molecule has 0 fully saturated rings. The maximum atomic E-state index is 13.5. The number of nitrogens with one attached hydrogen (secondary N) is 1. The lowest BCUT2D eigenvalue weighted by molar-refractivity contribution is -0.137. The number of rotatable bonds is 7. The van der Waals surface area contributed by atoms with Crippen LogP contribution in [0.15, 0.2) is 48.5 Å². The van der Waals surface area contributed by atoms with Crippen molar-refractivity contribution in [1.29, 1.82) is 0 Å². The van der Waals surface area contributed by atoms with Gasteiger partial charge in [-0.05, 0) is 54.4 Å². The van der Waals surface area contributed by atoms with E-state index in [1.54, 1.807) is 38.3 Å². The van der Waals surface area contributed by atoms with Gasteiger partial charge in [0.1, 0.15) is 11.5 Å². The van der Waals surface area contributed by atoms with Gasteiger partial charge in [-0.1, -0.05) is 35.1 Å². The van der Waals surface area contributed by atoms with Gasteiger partial charge in [-0.15, -0.1) is 0 Å². The standard InChI is InChI=1S/C25H20ClF3N2O4S/c1-13-7-17(26)10-19(22(13)32)23(33)31-24-30-21-15(8-16(25(27,28)29)9-20(21)36-24)12-35-11-14-3-5-18(34-2)6-4-14/h3-10,32H,11-12H2,1-2H3,(H,30,31,33). The van der Waals surface area contributed by atoms with Gasteiger partial charge in [0, 0.05) is 10.6 Å². The molecule has 11 heteroatoms. The summed E-state index contributed by atoms with van der Waals surface area (Å²) in [7, 11) is 1.55. The number of phenolic OH excluding ortho intramolecular Hbond substituents is 1. The molecule has 0 radical (unpaired) electrons. The molecule has 6 nitrogen and oxygen atoms in total. The average Bonchev–Trinajstić information content (AvgIpc) is 3.23. The number of anilines is 1. The van der Waals surface area contributed by atoms with Crippen molar-refractivity contribution in [2.24, 2.45) is 0 Å². The predicted octanol–water partition coefficient (Wildman–Crippen LogP) is 6.96. The Bertz CT molecular complexity index is 1420. The molecule has 0 atom stereocenters. The topological polar surface area (TPSA) is 80.7 Å². The van der Waals surface area contributed by atoms with Gasteiger partial charge >= 0.3 is 6.18 Å². The summed E-state index contributed by atoms with van der Waals surface area (Å²) in [6, 6.07) is 11.9. The maximum Gasteiger partial charge on any atom is 0.416 e. The predicted molar refractivity (Wildman–Crippen MR) is 132 cm³/mol. The molecule has 1 aromatic heterocycles. The zero-order chi connectivity index (χ0) is 26.0.